The molecule has 8 bridgehead atoms. The summed E-state index contributed by atoms with van der Waals surface area (Å²) in [5.41, 5.74) is 3.21. The van der Waals surface area contributed by atoms with Gasteiger partial charge in [0.1, 0.15) is 36.3 Å². The molecule has 0 aromatic heterocycles. The van der Waals surface area contributed by atoms with Crippen LogP contribution in [0.1, 0.15) is 97.8 Å². The molecule has 0 amide bonds. The van der Waals surface area contributed by atoms with E-state index in [2.05, 4.69) is 97.3 Å². The number of hydrogen-bond donors (Lipinski definition) is 0. The average Bonchev–Trinajstić information content (AvgIpc) is 3.81. The van der Waals surface area contributed by atoms with Gasteiger partial charge in [-0.25, -0.2) is 0 Å². The van der Waals surface area contributed by atoms with Crippen molar-refractivity contribution < 1.29 is 42.3 Å². The molecule has 7 heterocycles. The summed E-state index contributed by atoms with van der Waals surface area (Å²) in [6, 6.07) is 0. The minimum atomic E-state index is -0.912. The lowest BCUT2D eigenvalue weighted by molar-refractivity contribution is -0.251. The number of carbonyl (C=O) groups is 1. The van der Waals surface area contributed by atoms with Gasteiger partial charge in [0.05, 0.1) is 70.0 Å². The van der Waals surface area contributed by atoms with E-state index in [1.54, 1.807) is 0 Å². The van der Waals surface area contributed by atoms with Crippen molar-refractivity contribution in [3.05, 3.63) is 48.6 Å². The van der Waals surface area contributed by atoms with E-state index in [0.717, 1.165) is 76.4 Å². The molecule has 17 heteroatoms. The molecule has 7 aliphatic heterocycles. The lowest BCUT2D eigenvalue weighted by Crippen LogP contribution is -2.61. The fourth-order valence-electron chi connectivity index (χ4n) is 10.9. The van der Waals surface area contributed by atoms with E-state index in [-0.39, 0.29) is 97.0 Å². The first-order valence-electron chi connectivity index (χ1n) is 22.2. The number of hydrogen-bond acceptors (Lipinski definition) is 9. The Morgan fingerprint density at radius 1 is 0.783 bits per heavy atom. The van der Waals surface area contributed by atoms with Gasteiger partial charge in [-0.05, 0) is 85.9 Å². The predicted octanol–water partition coefficient (Wildman–Crippen LogP) is 10.8. The second-order valence-electron chi connectivity index (χ2n) is 18.7. The summed E-state index contributed by atoms with van der Waals surface area (Å²) < 4.78 is 54.6. The van der Waals surface area contributed by atoms with Gasteiger partial charge >= 0.3 is 0 Å². The Hall–Kier alpha value is 1.75. The zero-order valence-corrected chi connectivity index (χ0v) is 44.4. The lowest BCUT2D eigenvalue weighted by Gasteiger charge is -2.48. The maximum atomic E-state index is 14.3. The van der Waals surface area contributed by atoms with Crippen molar-refractivity contribution in [2.75, 3.05) is 6.16 Å². The van der Waals surface area contributed by atoms with Crippen molar-refractivity contribution in [3.63, 3.8) is 0 Å². The van der Waals surface area contributed by atoms with Gasteiger partial charge in [-0.1, -0.05) is 93.9 Å². The molecule has 0 radical (unpaired) electrons. The average molecular weight is 981 g/mol. The van der Waals surface area contributed by atoms with Crippen LogP contribution in [0, 0.1) is 23.7 Å². The SMILES string of the molecule is C=C1/C=C/[C@H]2CC(=C)C(CC[C@H]3C[C@@H](C)C(=C)C(C[C@@H]4O[C@H](C[C@H](C)CCPP)[C@H](C)[C@H]4CC(=O)CC4CC[C@@H]5O[C@@H]6C(O[C@H](C1)[C@@H]6OP(P)P)[C@@H](OP(P)P)[C@H]5O4)O3)O2. The van der Waals surface area contributed by atoms with Gasteiger partial charge in [0.25, 0.3) is 0 Å². The normalized spacial score (nSPS) is 44.2. The quantitative estimate of drug-likeness (QED) is 0.165. The molecule has 0 N–H and O–H groups in total. The van der Waals surface area contributed by atoms with Crippen LogP contribution in [0.5, 0.6) is 0 Å². The fourth-order valence-corrected chi connectivity index (χ4v) is 14.8. The van der Waals surface area contributed by atoms with Gasteiger partial charge in [-0.3, -0.25) is 4.79 Å². The minimum absolute atomic E-state index is 0.0187. The number of fused-ring (bicyclic) bond motifs is 7. The number of allylic oxidation sites excluding steroid dienone is 1. The van der Waals surface area contributed by atoms with Crippen LogP contribution in [0.2, 0.25) is 0 Å². The molecule has 338 valence electrons. The zero-order chi connectivity index (χ0) is 42.8. The van der Waals surface area contributed by atoms with E-state index >= 15 is 0 Å². The molecule has 0 aromatic carbocycles. The van der Waals surface area contributed by atoms with E-state index in [9.17, 15) is 4.79 Å². The minimum Gasteiger partial charge on any atom is -0.374 e. The first-order chi connectivity index (χ1) is 28.7. The highest BCUT2D eigenvalue weighted by atomic mass is 32.4. The van der Waals surface area contributed by atoms with Crippen LogP contribution < -0.4 is 0 Å². The number of rotatable bonds is 9. The third kappa shape index (κ3) is 12.4. The van der Waals surface area contributed by atoms with Gasteiger partial charge in [-0.2, -0.15) is 0 Å². The number of carbonyl (C=O) groups excluding carboxylic acids is 1. The smallest absolute Gasteiger partial charge is 0.135 e. The molecule has 60 heavy (non-hydrogen) atoms. The molecule has 0 spiro atoms. The van der Waals surface area contributed by atoms with Crippen LogP contribution in [-0.4, -0.2) is 97.4 Å². The van der Waals surface area contributed by atoms with Crippen LogP contribution >= 0.6 is 68.0 Å². The van der Waals surface area contributed by atoms with E-state index in [4.69, 9.17) is 37.5 Å². The van der Waals surface area contributed by atoms with Crippen LogP contribution in [0.25, 0.3) is 0 Å². The Labute approximate surface area is 376 Å². The summed E-state index contributed by atoms with van der Waals surface area (Å²) in [6.07, 6.45) is 12.2. The summed E-state index contributed by atoms with van der Waals surface area (Å²) in [4.78, 5) is 14.3. The summed E-state index contributed by atoms with van der Waals surface area (Å²) in [5, 5.41) is 0. The van der Waals surface area contributed by atoms with Crippen molar-refractivity contribution in [1.82, 2.24) is 0 Å². The van der Waals surface area contributed by atoms with E-state index in [0.29, 0.717) is 31.1 Å². The van der Waals surface area contributed by atoms with E-state index in [1.807, 2.05) is 0 Å². The van der Waals surface area contributed by atoms with Crippen molar-refractivity contribution in [1.29, 1.82) is 0 Å². The van der Waals surface area contributed by atoms with Crippen LogP contribution in [0.15, 0.2) is 48.6 Å². The molecule has 0 saturated carbocycles. The first kappa shape index (κ1) is 49.6. The monoisotopic (exact) mass is 980 g/mol. The van der Waals surface area contributed by atoms with Crippen LogP contribution in [0.4, 0.5) is 0 Å². The van der Waals surface area contributed by atoms with Gasteiger partial charge in [-0.15, -0.1) is 17.2 Å². The summed E-state index contributed by atoms with van der Waals surface area (Å²) in [7, 11) is 13.2. The largest absolute Gasteiger partial charge is 0.374 e. The Bertz CT molecular complexity index is 1550. The number of Topliss-reactive ketones (excluding diaryl/α,β-unsaturated/α-hetero) is 1. The van der Waals surface area contributed by atoms with Crippen LogP contribution in [0.3, 0.4) is 0 Å². The summed E-state index contributed by atoms with van der Waals surface area (Å²) in [6.45, 7) is 20.4. The highest BCUT2D eigenvalue weighted by molar-refractivity contribution is 8.41. The summed E-state index contributed by atoms with van der Waals surface area (Å²) in [5.74, 6) is 1.48. The van der Waals surface area contributed by atoms with Crippen molar-refractivity contribution in [2.45, 2.75) is 183 Å². The second kappa shape index (κ2) is 22.7. The molecule has 24 atom stereocenters. The maximum absolute atomic E-state index is 14.3. The van der Waals surface area contributed by atoms with Crippen molar-refractivity contribution in [2.24, 2.45) is 23.7 Å². The topological polar surface area (TPSA) is 90.9 Å². The molecule has 7 rings (SSSR count). The van der Waals surface area contributed by atoms with Crippen LogP contribution in [-0.2, 0) is 42.3 Å². The lowest BCUT2D eigenvalue weighted by atomic mass is 9.78. The molecule has 0 aliphatic carbocycles. The predicted molar refractivity (Wildman–Crippen MR) is 265 cm³/mol. The highest BCUT2D eigenvalue weighted by Gasteiger charge is 2.59. The van der Waals surface area contributed by atoms with Crippen molar-refractivity contribution in [3.8, 4) is 0 Å². The van der Waals surface area contributed by atoms with Gasteiger partial charge in [0.2, 0.25) is 0 Å². The first-order valence-corrected chi connectivity index (χ1v) is 34.2. The summed E-state index contributed by atoms with van der Waals surface area (Å²) >= 11 is 0. The molecule has 6 saturated heterocycles. The number of ketones is 1. The molecule has 9 nitrogen and oxygen atoms in total. The third-order valence-electron chi connectivity index (χ3n) is 14.2. The van der Waals surface area contributed by atoms with Gasteiger partial charge < -0.3 is 37.5 Å². The Balaban J connectivity index is 1.15. The molecular weight excluding hydrogens is 908 g/mol. The third-order valence-corrected chi connectivity index (χ3v) is 18.1. The van der Waals surface area contributed by atoms with E-state index in [1.165, 1.54) is 12.6 Å². The second-order valence-corrected chi connectivity index (χ2v) is 32.4. The number of ether oxygens (including phenoxy) is 6. The fraction of sp³-hybridized carbons (Fsp3) is 0.791. The standard InChI is InChI=1S/C43H72O9P8/c1-22-7-8-29-18-25(4)33(45-29)11-9-30-17-24(3)26(5)36(46-30)21-37-32(27(6)35(48-37)15-23(2)13-14-58-53)20-28(44)19-31-10-12-34-39(47-31)43(52-60(56)57)42-41(49-34)40(51-59(54)55)38(16-22)50-42/h7-8,23-24,27,29-43,58H,1,4-5,9-21,53-57H2,2-3,6H3/b8-7+/t23-,24-,27-,29+,30+,31?,32-,33?,34+,35-,36?,37+,38-,39+,40+,41+,42?,43+/m1/s1. The molecular formula is C43H72O9P8. The zero-order valence-electron chi connectivity index (χ0n) is 35.8. The maximum Gasteiger partial charge on any atom is 0.135 e. The van der Waals surface area contributed by atoms with Crippen molar-refractivity contribution >= 4 is 73.7 Å². The Morgan fingerprint density at radius 2 is 1.50 bits per heavy atom. The Kier molecular flexibility index (Phi) is 18.8. The van der Waals surface area contributed by atoms with E-state index < -0.39 is 21.2 Å². The molecule has 10 unspecified atom stereocenters. The molecule has 0 aromatic rings. The molecule has 6 fully saturated rings. The van der Waals surface area contributed by atoms with Gasteiger partial charge in [0, 0.05) is 32.1 Å². The van der Waals surface area contributed by atoms with Gasteiger partial charge in [0.15, 0.2) is 0 Å². The highest BCUT2D eigenvalue weighted by Crippen LogP contribution is 2.60. The molecule has 7 aliphatic rings. The Morgan fingerprint density at radius 3 is 2.25 bits per heavy atom.